The number of anilines is 2. The van der Waals surface area contributed by atoms with Crippen LogP contribution in [0.1, 0.15) is 79.0 Å². The van der Waals surface area contributed by atoms with Crippen LogP contribution in [-0.4, -0.2) is 20.8 Å². The SMILES string of the molecule is CC(C)(C)c1cc(Oc2ccc3c(c2)n(-c2ccccn2)c2c4ccccc4n(-c4ccccc4)c32)cc(N2C=CN(c3cc(C(C)(C)C)cc(C(C)(C)C)c3)C2)c1. The molecular weight excluding hydrogens is 711 g/mol. The lowest BCUT2D eigenvalue weighted by molar-refractivity contribution is 0.479. The lowest BCUT2D eigenvalue weighted by Gasteiger charge is -2.29. The quantitative estimate of drug-likeness (QED) is 0.169. The lowest BCUT2D eigenvalue weighted by atomic mass is 9.80. The Balaban J connectivity index is 1.13. The van der Waals surface area contributed by atoms with Crippen molar-refractivity contribution in [2.75, 3.05) is 16.5 Å². The monoisotopic (exact) mass is 763 g/mol. The van der Waals surface area contributed by atoms with Crippen molar-refractivity contribution in [1.82, 2.24) is 14.1 Å². The number of para-hydroxylation sites is 2. The predicted molar refractivity (Wildman–Crippen MR) is 243 cm³/mol. The van der Waals surface area contributed by atoms with Gasteiger partial charge in [0, 0.05) is 58.6 Å². The van der Waals surface area contributed by atoms with Crippen LogP contribution in [0.2, 0.25) is 0 Å². The van der Waals surface area contributed by atoms with Crippen LogP contribution in [0, 0.1) is 0 Å². The lowest BCUT2D eigenvalue weighted by Crippen LogP contribution is -2.26. The zero-order chi connectivity index (χ0) is 40.6. The van der Waals surface area contributed by atoms with Gasteiger partial charge >= 0.3 is 0 Å². The number of ether oxygens (including phenoxy) is 1. The van der Waals surface area contributed by atoms with Crippen molar-refractivity contribution in [1.29, 1.82) is 0 Å². The van der Waals surface area contributed by atoms with Gasteiger partial charge in [-0.05, 0) is 99.7 Å². The summed E-state index contributed by atoms with van der Waals surface area (Å²) in [5.41, 5.74) is 11.8. The number of hydrogen-bond acceptors (Lipinski definition) is 4. The van der Waals surface area contributed by atoms with Gasteiger partial charge in [0.05, 0.1) is 28.7 Å². The first-order chi connectivity index (χ1) is 27.6. The molecule has 6 nitrogen and oxygen atoms in total. The highest BCUT2D eigenvalue weighted by Crippen LogP contribution is 2.43. The molecule has 0 fully saturated rings. The Hall–Kier alpha value is -6.27. The largest absolute Gasteiger partial charge is 0.457 e. The van der Waals surface area contributed by atoms with E-state index in [0.29, 0.717) is 6.67 Å². The van der Waals surface area contributed by atoms with Gasteiger partial charge in [-0.15, -0.1) is 0 Å². The van der Waals surface area contributed by atoms with Crippen LogP contribution in [0.5, 0.6) is 11.5 Å². The summed E-state index contributed by atoms with van der Waals surface area (Å²) in [7, 11) is 0. The van der Waals surface area contributed by atoms with Crippen LogP contribution < -0.4 is 14.5 Å². The summed E-state index contributed by atoms with van der Waals surface area (Å²) < 4.78 is 11.6. The maximum atomic E-state index is 6.90. The molecule has 4 heterocycles. The molecule has 1 aliphatic rings. The summed E-state index contributed by atoms with van der Waals surface area (Å²) in [6, 6.07) is 45.6. The fourth-order valence-corrected chi connectivity index (χ4v) is 8.12. The summed E-state index contributed by atoms with van der Waals surface area (Å²) in [6.45, 7) is 21.3. The summed E-state index contributed by atoms with van der Waals surface area (Å²) in [4.78, 5) is 9.55. The van der Waals surface area contributed by atoms with Crippen molar-refractivity contribution < 1.29 is 4.74 Å². The highest BCUT2D eigenvalue weighted by molar-refractivity contribution is 6.20. The Kier molecular flexibility index (Phi) is 8.81. The number of rotatable bonds is 6. The molecule has 9 rings (SSSR count). The smallest absolute Gasteiger partial charge is 0.137 e. The molecule has 0 spiro atoms. The molecule has 1 aliphatic heterocycles. The molecule has 8 aromatic rings. The van der Waals surface area contributed by atoms with Crippen molar-refractivity contribution in [2.45, 2.75) is 78.6 Å². The molecule has 0 radical (unpaired) electrons. The third-order valence-electron chi connectivity index (χ3n) is 11.5. The number of aromatic nitrogens is 3. The van der Waals surface area contributed by atoms with Crippen LogP contribution >= 0.6 is 0 Å². The average Bonchev–Trinajstić information content (AvgIpc) is 3.90. The van der Waals surface area contributed by atoms with Crippen LogP contribution in [0.4, 0.5) is 11.4 Å². The molecule has 0 atom stereocenters. The highest BCUT2D eigenvalue weighted by atomic mass is 16.5. The van der Waals surface area contributed by atoms with Gasteiger partial charge in [-0.2, -0.15) is 0 Å². The van der Waals surface area contributed by atoms with E-state index in [9.17, 15) is 0 Å². The third-order valence-corrected chi connectivity index (χ3v) is 11.5. The zero-order valence-electron chi connectivity index (χ0n) is 35.2. The molecule has 0 aliphatic carbocycles. The highest BCUT2D eigenvalue weighted by Gasteiger charge is 2.26. The van der Waals surface area contributed by atoms with E-state index in [0.717, 1.165) is 56.1 Å². The van der Waals surface area contributed by atoms with E-state index in [1.165, 1.54) is 27.8 Å². The molecule has 0 saturated heterocycles. The third kappa shape index (κ3) is 6.70. The summed E-state index contributed by atoms with van der Waals surface area (Å²) in [5.74, 6) is 2.43. The van der Waals surface area contributed by atoms with Gasteiger partial charge in [0.1, 0.15) is 17.3 Å². The van der Waals surface area contributed by atoms with Crippen LogP contribution in [0.25, 0.3) is 44.3 Å². The topological polar surface area (TPSA) is 38.5 Å². The molecule has 58 heavy (non-hydrogen) atoms. The van der Waals surface area contributed by atoms with Crippen molar-refractivity contribution in [2.24, 2.45) is 0 Å². The molecule has 0 unspecified atom stereocenters. The molecule has 3 aromatic heterocycles. The number of fused-ring (bicyclic) bond motifs is 5. The van der Waals surface area contributed by atoms with E-state index < -0.39 is 0 Å². The van der Waals surface area contributed by atoms with E-state index >= 15 is 0 Å². The molecule has 0 amide bonds. The van der Waals surface area contributed by atoms with E-state index in [1.807, 2.05) is 12.3 Å². The number of pyridine rings is 1. The molecule has 292 valence electrons. The number of hydrogen-bond donors (Lipinski definition) is 0. The van der Waals surface area contributed by atoms with Crippen molar-refractivity contribution in [3.63, 3.8) is 0 Å². The Morgan fingerprint density at radius 2 is 1.03 bits per heavy atom. The predicted octanol–water partition coefficient (Wildman–Crippen LogP) is 13.6. The molecule has 0 bridgehead atoms. The van der Waals surface area contributed by atoms with E-state index in [1.54, 1.807) is 0 Å². The fourth-order valence-electron chi connectivity index (χ4n) is 8.12. The summed E-state index contributed by atoms with van der Waals surface area (Å²) in [6.07, 6.45) is 6.26. The van der Waals surface area contributed by atoms with Gasteiger partial charge < -0.3 is 19.1 Å². The normalized spacial score (nSPS) is 13.7. The molecule has 0 saturated carbocycles. The summed E-state index contributed by atoms with van der Waals surface area (Å²) >= 11 is 0. The van der Waals surface area contributed by atoms with Gasteiger partial charge in [-0.1, -0.05) is 111 Å². The molecule has 5 aromatic carbocycles. The minimum Gasteiger partial charge on any atom is -0.457 e. The first-order valence-corrected chi connectivity index (χ1v) is 20.4. The van der Waals surface area contributed by atoms with Crippen LogP contribution in [0.3, 0.4) is 0 Å². The maximum Gasteiger partial charge on any atom is 0.137 e. The zero-order valence-corrected chi connectivity index (χ0v) is 35.2. The Labute approximate surface area is 342 Å². The summed E-state index contributed by atoms with van der Waals surface area (Å²) in [5, 5.41) is 2.30. The van der Waals surface area contributed by atoms with Gasteiger partial charge in [0.15, 0.2) is 0 Å². The van der Waals surface area contributed by atoms with Crippen molar-refractivity contribution in [3.8, 4) is 23.0 Å². The number of benzene rings is 5. The Morgan fingerprint density at radius 1 is 0.466 bits per heavy atom. The second-order valence-corrected chi connectivity index (χ2v) is 18.8. The van der Waals surface area contributed by atoms with Crippen molar-refractivity contribution >= 4 is 44.2 Å². The average molecular weight is 764 g/mol. The second kappa shape index (κ2) is 13.7. The van der Waals surface area contributed by atoms with E-state index in [-0.39, 0.29) is 16.2 Å². The minimum absolute atomic E-state index is 0.0422. The maximum absolute atomic E-state index is 6.90. The first kappa shape index (κ1) is 37.3. The molecule has 6 heteroatoms. The van der Waals surface area contributed by atoms with Gasteiger partial charge in [0.2, 0.25) is 0 Å². The standard InChI is InChI=1S/C52H53N5O/c1-50(2,3)35-27-36(51(4,5)6)29-39(28-35)54-25-26-55(34-54)40-30-37(52(7,8)9)31-42(32-40)58-41-22-23-44-46(33-41)57(47-21-15-16-24-53-47)49-43-19-13-14-20-45(43)56(48(44)49)38-17-11-10-12-18-38/h10-33H,34H2,1-9H3. The number of nitrogens with zero attached hydrogens (tertiary/aromatic N) is 5. The van der Waals surface area contributed by atoms with E-state index in [2.05, 4.69) is 215 Å². The minimum atomic E-state index is -0.0907. The van der Waals surface area contributed by atoms with Crippen LogP contribution in [-0.2, 0) is 16.2 Å². The Morgan fingerprint density at radius 3 is 1.67 bits per heavy atom. The van der Waals surface area contributed by atoms with Crippen LogP contribution in [0.15, 0.2) is 146 Å². The molecular formula is C52H53N5O. The first-order valence-electron chi connectivity index (χ1n) is 20.4. The van der Waals surface area contributed by atoms with Crippen molar-refractivity contribution in [3.05, 3.63) is 163 Å². The van der Waals surface area contributed by atoms with Gasteiger partial charge in [-0.3, -0.25) is 4.57 Å². The second-order valence-electron chi connectivity index (χ2n) is 18.8. The fraction of sp³-hybridized carbons (Fsp3) is 0.250. The van der Waals surface area contributed by atoms with Gasteiger partial charge in [-0.25, -0.2) is 4.98 Å². The molecule has 0 N–H and O–H groups in total. The van der Waals surface area contributed by atoms with E-state index in [4.69, 9.17) is 9.72 Å². The van der Waals surface area contributed by atoms with Gasteiger partial charge in [0.25, 0.3) is 0 Å². The Bertz CT molecular complexity index is 2810.